The van der Waals surface area contributed by atoms with Crippen LogP contribution in [0, 0.1) is 24.5 Å². The smallest absolute Gasteiger partial charge is 0.235 e. The highest BCUT2D eigenvalue weighted by Gasteiger charge is 2.57. The third-order valence-electron chi connectivity index (χ3n) is 10.5. The number of nitrogens with one attached hydrogen (secondary N) is 2. The van der Waals surface area contributed by atoms with Gasteiger partial charge in [0.15, 0.2) is 0 Å². The minimum Gasteiger partial charge on any atom is -0.400 e. The van der Waals surface area contributed by atoms with Crippen molar-refractivity contribution >= 4 is 60.1 Å². The number of allylic oxidation sites excluding steroid dienone is 4. The van der Waals surface area contributed by atoms with Gasteiger partial charge < -0.3 is 30.3 Å². The number of piperidine rings is 1. The monoisotopic (exact) mass is 834 g/mol. The Labute approximate surface area is 354 Å². The van der Waals surface area contributed by atoms with E-state index in [2.05, 4.69) is 75.9 Å². The molecule has 59 heavy (non-hydrogen) atoms. The molecule has 320 valence electrons. The van der Waals surface area contributed by atoms with Crippen molar-refractivity contribution in [2.75, 3.05) is 68.6 Å². The molecule has 4 aliphatic rings. The van der Waals surface area contributed by atoms with Gasteiger partial charge >= 0.3 is 0 Å². The zero-order chi connectivity index (χ0) is 43.4. The number of aryl methyl sites for hydroxylation is 1. The van der Waals surface area contributed by atoms with Gasteiger partial charge in [-0.25, -0.2) is 8.78 Å². The van der Waals surface area contributed by atoms with Gasteiger partial charge in [0, 0.05) is 62.3 Å². The van der Waals surface area contributed by atoms with Crippen LogP contribution in [0.25, 0.3) is 0 Å². The van der Waals surface area contributed by atoms with Crippen LogP contribution in [-0.2, 0) is 26.2 Å². The Hall–Kier alpha value is -4.75. The Bertz CT molecular complexity index is 1900. The minimum absolute atomic E-state index is 0.135. The quantitative estimate of drug-likeness (QED) is 0.0898. The van der Waals surface area contributed by atoms with Crippen LogP contribution in [0.5, 0.6) is 0 Å². The molecule has 3 N–H and O–H groups in total. The Morgan fingerprint density at radius 1 is 1.08 bits per heavy atom. The molecule has 3 aromatic carbocycles. The minimum atomic E-state index is -0.531. The van der Waals surface area contributed by atoms with Gasteiger partial charge in [0.1, 0.15) is 11.6 Å². The molecule has 13 heteroatoms. The highest BCUT2D eigenvalue weighted by Crippen LogP contribution is 2.56. The average Bonchev–Trinajstić information content (AvgIpc) is 3.99. The summed E-state index contributed by atoms with van der Waals surface area (Å²) < 4.78 is 32.3. The molecule has 0 atom stereocenters. The molecule has 1 spiro atoms. The van der Waals surface area contributed by atoms with Gasteiger partial charge in [-0.3, -0.25) is 19.6 Å². The molecule has 0 unspecified atom stereocenters. The van der Waals surface area contributed by atoms with Crippen molar-refractivity contribution in [2.24, 2.45) is 15.9 Å². The second-order valence-electron chi connectivity index (χ2n) is 14.1. The van der Waals surface area contributed by atoms with Gasteiger partial charge in [-0.2, -0.15) is 0 Å². The maximum Gasteiger partial charge on any atom is 0.235 e. The van der Waals surface area contributed by atoms with Crippen molar-refractivity contribution in [3.63, 3.8) is 0 Å². The third kappa shape index (κ3) is 13.6. The van der Waals surface area contributed by atoms with Crippen LogP contribution in [0.15, 0.2) is 82.4 Å². The van der Waals surface area contributed by atoms with E-state index in [9.17, 15) is 18.4 Å². The Kier molecular flexibility index (Phi) is 20.6. The number of likely N-dealkylation sites (tertiary alicyclic amines) is 1. The summed E-state index contributed by atoms with van der Waals surface area (Å²) in [5.41, 5.74) is 5.71. The lowest BCUT2D eigenvalue weighted by atomic mass is 9.93. The van der Waals surface area contributed by atoms with Crippen molar-refractivity contribution in [3.05, 3.63) is 106 Å². The molecule has 3 heterocycles. The summed E-state index contributed by atoms with van der Waals surface area (Å²) in [5.74, 6) is -0.512. The number of aliphatic imine (C=N–C) groups is 2. The fraction of sp³-hybridized carbons (Fsp3) is 0.435. The van der Waals surface area contributed by atoms with E-state index in [0.29, 0.717) is 40.6 Å². The zero-order valence-electron chi connectivity index (χ0n) is 35.2. The van der Waals surface area contributed by atoms with Gasteiger partial charge in [0.2, 0.25) is 12.3 Å². The number of likely N-dealkylation sites (N-methyl/N-ethyl adjacent to an activating group) is 1. The number of carbonyl (C=O) groups is 2. The summed E-state index contributed by atoms with van der Waals surface area (Å²) in [5, 5.41) is 12.4. The number of aliphatic hydroxyl groups is 1. The van der Waals surface area contributed by atoms with Gasteiger partial charge in [-0.15, -0.1) is 0 Å². The van der Waals surface area contributed by atoms with Crippen molar-refractivity contribution in [1.82, 2.24) is 4.90 Å². The number of nitrogens with zero attached hydrogens (tertiary/aromatic N) is 4. The molecule has 0 bridgehead atoms. The van der Waals surface area contributed by atoms with Gasteiger partial charge in [0.25, 0.3) is 0 Å². The number of hydrogen-bond acceptors (Lipinski definition) is 8. The number of amides is 2. The topological polar surface area (TPSA) is 119 Å². The van der Waals surface area contributed by atoms with Crippen LogP contribution in [0.2, 0.25) is 5.02 Å². The van der Waals surface area contributed by atoms with Crippen molar-refractivity contribution in [3.8, 4) is 0 Å². The first-order chi connectivity index (χ1) is 28.6. The van der Waals surface area contributed by atoms with Crippen LogP contribution in [0.4, 0.5) is 31.5 Å². The van der Waals surface area contributed by atoms with Crippen LogP contribution in [-0.4, -0.2) is 88.8 Å². The molecule has 0 radical (unpaired) electrons. The summed E-state index contributed by atoms with van der Waals surface area (Å²) in [6, 6.07) is 14.0. The fourth-order valence-corrected chi connectivity index (χ4v) is 7.10. The van der Waals surface area contributed by atoms with Gasteiger partial charge in [-0.1, -0.05) is 49.7 Å². The molecule has 2 saturated heterocycles. The number of fused-ring (bicyclic) bond motifs is 2. The summed E-state index contributed by atoms with van der Waals surface area (Å²) >= 11 is 5.82. The van der Waals surface area contributed by atoms with Crippen LogP contribution >= 0.6 is 11.6 Å². The number of ether oxygens (including phenoxy) is 1. The van der Waals surface area contributed by atoms with E-state index in [-0.39, 0.29) is 17.4 Å². The molecule has 1 saturated carbocycles. The number of halogens is 3. The van der Waals surface area contributed by atoms with E-state index in [1.807, 2.05) is 32.1 Å². The summed E-state index contributed by atoms with van der Waals surface area (Å²) in [6.07, 6.45) is 11.8. The molecule has 3 aromatic rings. The van der Waals surface area contributed by atoms with E-state index in [1.54, 1.807) is 18.2 Å². The molecule has 7 rings (SSSR count). The predicted octanol–water partition coefficient (Wildman–Crippen LogP) is 9.46. The Morgan fingerprint density at radius 2 is 1.76 bits per heavy atom. The average molecular weight is 835 g/mol. The largest absolute Gasteiger partial charge is 0.400 e. The van der Waals surface area contributed by atoms with E-state index in [1.165, 1.54) is 24.1 Å². The van der Waals surface area contributed by atoms with Crippen LogP contribution in [0.1, 0.15) is 69.6 Å². The molecule has 3 fully saturated rings. The number of hydrogen-bond donors (Lipinski definition) is 3. The predicted molar refractivity (Wildman–Crippen MR) is 240 cm³/mol. The molecular formula is C46H61ClF2N6O4. The second kappa shape index (κ2) is 25.0. The number of aliphatic hydroxyl groups excluding tert-OH is 1. The highest BCUT2D eigenvalue weighted by atomic mass is 35.5. The molecular weight excluding hydrogens is 774 g/mol. The van der Waals surface area contributed by atoms with Crippen LogP contribution in [0.3, 0.4) is 0 Å². The van der Waals surface area contributed by atoms with E-state index in [0.717, 1.165) is 95.8 Å². The standard InChI is InChI=1S/C29H36ClFN4.C11H9FN2O2.C3H6O.C2H6.CH4O/c1-5-35(29-13-10-22(2)20-28(29)33-4)19-18-34-16-14-24(15-17-34)27(32-3)9-7-6-8-23-11-12-25(30)21-26(23)31;12-8-4-6(13-5-15)3-7-9(8)14-10(16)11(7)1-2-11;1-2-4-3-1;2*1-2/h6-7,9-13,20-21,24H,3-5,8,14-19H2,1-2H3;3-5H,1-2H2,(H,13,15)(H,14,16);1-3H2;1-2H3;2H,1H3/b7-6-,27-9-;;;;. The first-order valence-corrected chi connectivity index (χ1v) is 20.7. The van der Waals surface area contributed by atoms with E-state index in [4.69, 9.17) is 21.4 Å². The Morgan fingerprint density at radius 3 is 2.32 bits per heavy atom. The Balaban J connectivity index is 0.000000315. The maximum absolute atomic E-state index is 13.9. The van der Waals surface area contributed by atoms with Crippen molar-refractivity contribution < 1.29 is 28.2 Å². The SMILES string of the molecule is C1COC1.C=N/C(=C\C=C/Cc1ccc(Cl)cc1F)C1CCN(CCN(CC)c2ccc(C)cc2N=C)CC1.CC.CO.O=CNc1cc(F)c2c(c1)C1(CC1)C(=O)N2. The molecule has 2 amide bonds. The lowest BCUT2D eigenvalue weighted by molar-refractivity contribution is -0.117. The summed E-state index contributed by atoms with van der Waals surface area (Å²) in [7, 11) is 1.00. The van der Waals surface area contributed by atoms with E-state index >= 15 is 0 Å². The molecule has 10 nitrogen and oxygen atoms in total. The first kappa shape index (κ1) is 48.6. The molecule has 0 aromatic heterocycles. The highest BCUT2D eigenvalue weighted by molar-refractivity contribution is 6.30. The van der Waals surface area contributed by atoms with Crippen molar-refractivity contribution in [1.29, 1.82) is 0 Å². The number of rotatable bonds is 13. The normalized spacial score (nSPS) is 16.2. The van der Waals surface area contributed by atoms with Gasteiger partial charge in [0.05, 0.1) is 22.5 Å². The molecule has 1 aliphatic carbocycles. The zero-order valence-corrected chi connectivity index (χ0v) is 36.0. The third-order valence-corrected chi connectivity index (χ3v) is 10.7. The number of anilines is 3. The lowest BCUT2D eigenvalue weighted by Gasteiger charge is -2.34. The summed E-state index contributed by atoms with van der Waals surface area (Å²) in [6.45, 7) is 22.8. The second-order valence-corrected chi connectivity index (χ2v) is 14.5. The van der Waals surface area contributed by atoms with Crippen LogP contribution < -0.4 is 15.5 Å². The summed E-state index contributed by atoms with van der Waals surface area (Å²) in [4.78, 5) is 35.4. The fourth-order valence-electron chi connectivity index (χ4n) is 6.94. The number of carbonyl (C=O) groups excluding carboxylic acids is 2. The lowest BCUT2D eigenvalue weighted by Crippen LogP contribution is -2.40. The first-order valence-electron chi connectivity index (χ1n) is 20.3. The van der Waals surface area contributed by atoms with Crippen molar-refractivity contribution in [2.45, 2.75) is 71.6 Å². The van der Waals surface area contributed by atoms with Gasteiger partial charge in [-0.05, 0) is 138 Å². The maximum atomic E-state index is 13.9. The van der Waals surface area contributed by atoms with E-state index < -0.39 is 11.2 Å². The molecule has 3 aliphatic heterocycles. The number of benzene rings is 3.